The predicted molar refractivity (Wildman–Crippen MR) is 126 cm³/mol. The maximum atomic E-state index is 9.82. The van der Waals surface area contributed by atoms with Gasteiger partial charge in [-0.15, -0.1) is 6.58 Å². The highest BCUT2D eigenvalue weighted by Crippen LogP contribution is 2.46. The molecule has 0 bridgehead atoms. The third-order valence-electron chi connectivity index (χ3n) is 6.99. The third-order valence-corrected chi connectivity index (χ3v) is 6.99. The van der Waals surface area contributed by atoms with E-state index in [9.17, 15) is 5.26 Å². The summed E-state index contributed by atoms with van der Waals surface area (Å²) in [7, 11) is 0. The van der Waals surface area contributed by atoms with Crippen molar-refractivity contribution in [3.63, 3.8) is 0 Å². The van der Waals surface area contributed by atoms with Gasteiger partial charge in [0.2, 0.25) is 0 Å². The van der Waals surface area contributed by atoms with E-state index in [4.69, 9.17) is 0 Å². The van der Waals surface area contributed by atoms with E-state index in [0.717, 1.165) is 63.5 Å². The van der Waals surface area contributed by atoms with Crippen LogP contribution < -0.4 is 0 Å². The highest BCUT2D eigenvalue weighted by Gasteiger charge is 2.36. The van der Waals surface area contributed by atoms with Crippen LogP contribution in [0, 0.1) is 22.7 Å². The van der Waals surface area contributed by atoms with Crippen molar-refractivity contribution in [2.45, 2.75) is 77.6 Å². The molecule has 0 unspecified atom stereocenters. The number of allylic oxidation sites excluding steroid dienone is 1. The third kappa shape index (κ3) is 5.60. The summed E-state index contributed by atoms with van der Waals surface area (Å²) >= 11 is 0. The van der Waals surface area contributed by atoms with Crippen LogP contribution in [0.5, 0.6) is 0 Å². The van der Waals surface area contributed by atoms with Crippen LogP contribution in [0.4, 0.5) is 0 Å². The van der Waals surface area contributed by atoms with Crippen molar-refractivity contribution in [3.8, 4) is 17.3 Å². The number of aromatic nitrogens is 1. The molecule has 1 saturated carbocycles. The lowest BCUT2D eigenvalue weighted by Gasteiger charge is -2.36. The molecule has 1 aliphatic rings. The lowest BCUT2D eigenvalue weighted by atomic mass is 9.66. The van der Waals surface area contributed by atoms with Crippen LogP contribution in [0.2, 0.25) is 0 Å². The van der Waals surface area contributed by atoms with Crippen LogP contribution in [0.3, 0.4) is 0 Å². The van der Waals surface area contributed by atoms with Gasteiger partial charge in [0.1, 0.15) is 0 Å². The molecule has 0 radical (unpaired) electrons. The van der Waals surface area contributed by atoms with Gasteiger partial charge in [-0.2, -0.15) is 5.26 Å². The van der Waals surface area contributed by atoms with Crippen LogP contribution in [0.15, 0.2) is 55.3 Å². The maximum absolute atomic E-state index is 9.82. The van der Waals surface area contributed by atoms with Crippen molar-refractivity contribution in [1.29, 1.82) is 5.26 Å². The van der Waals surface area contributed by atoms with Crippen LogP contribution in [0.25, 0.3) is 11.3 Å². The van der Waals surface area contributed by atoms with Gasteiger partial charge in [0.15, 0.2) is 0 Å². The number of benzene rings is 1. The van der Waals surface area contributed by atoms with Crippen molar-refractivity contribution in [3.05, 3.63) is 66.4 Å². The Bertz CT molecular complexity index is 834. The lowest BCUT2D eigenvalue weighted by molar-refractivity contribution is 0.198. The molecule has 2 nitrogen and oxygen atoms in total. The molecule has 30 heavy (non-hydrogen) atoms. The van der Waals surface area contributed by atoms with Crippen molar-refractivity contribution in [1.82, 2.24) is 4.98 Å². The van der Waals surface area contributed by atoms with Crippen molar-refractivity contribution in [2.24, 2.45) is 11.3 Å². The molecule has 1 aliphatic carbocycles. The summed E-state index contributed by atoms with van der Waals surface area (Å²) < 4.78 is 0. The topological polar surface area (TPSA) is 36.7 Å². The quantitative estimate of drug-likeness (QED) is 0.317. The van der Waals surface area contributed by atoms with Crippen molar-refractivity contribution < 1.29 is 0 Å². The minimum atomic E-state index is -0.0940. The van der Waals surface area contributed by atoms with E-state index in [1.54, 1.807) is 0 Å². The minimum absolute atomic E-state index is 0.0940. The molecule has 1 aromatic carbocycles. The van der Waals surface area contributed by atoms with Gasteiger partial charge < -0.3 is 0 Å². The molecule has 0 N–H and O–H groups in total. The first-order chi connectivity index (χ1) is 14.6. The Morgan fingerprint density at radius 2 is 1.93 bits per heavy atom. The zero-order valence-electron chi connectivity index (χ0n) is 18.7. The number of nitrogens with zero attached hydrogens (tertiary/aromatic N) is 2. The van der Waals surface area contributed by atoms with E-state index in [1.807, 2.05) is 12.3 Å². The molecule has 0 spiro atoms. The van der Waals surface area contributed by atoms with Crippen molar-refractivity contribution in [2.75, 3.05) is 0 Å². The first kappa shape index (κ1) is 22.3. The fourth-order valence-corrected chi connectivity index (χ4v) is 4.80. The largest absolute Gasteiger partial charge is 0.256 e. The van der Waals surface area contributed by atoms with Crippen LogP contribution in [-0.4, -0.2) is 4.98 Å². The summed E-state index contributed by atoms with van der Waals surface area (Å²) in [4.78, 5) is 4.67. The molecule has 158 valence electrons. The van der Waals surface area contributed by atoms with Crippen LogP contribution in [-0.2, 0) is 6.42 Å². The normalized spacial score (nSPS) is 22.2. The molecule has 1 heterocycles. The highest BCUT2D eigenvalue weighted by molar-refractivity contribution is 5.59. The summed E-state index contributed by atoms with van der Waals surface area (Å²) in [6.07, 6.45) is 13.8. The van der Waals surface area contributed by atoms with Gasteiger partial charge in [-0.3, -0.25) is 4.98 Å². The van der Waals surface area contributed by atoms with Gasteiger partial charge in [0.05, 0.1) is 17.2 Å². The second-order valence-electron chi connectivity index (χ2n) is 9.24. The Morgan fingerprint density at radius 1 is 1.20 bits per heavy atom. The number of nitriles is 1. The molecule has 0 amide bonds. The second kappa shape index (κ2) is 10.6. The molecular formula is C28H36N2. The van der Waals surface area contributed by atoms with E-state index in [2.05, 4.69) is 67.9 Å². The standard InChI is InChI=1S/C28H36N2/c1-4-6-7-8-23-9-14-27(30-20-23)26-12-10-24(11-13-26)25-15-17-28(21-29,18-16-25)19-22(3)5-2/h4,9-14,20,22,25H,1,5-8,15-19H2,2-3H3/t22-,25-,28-/m0/s1. The molecule has 1 fully saturated rings. The van der Waals surface area contributed by atoms with Gasteiger partial charge >= 0.3 is 0 Å². The number of rotatable bonds is 9. The summed E-state index contributed by atoms with van der Waals surface area (Å²) in [5.74, 6) is 1.22. The summed E-state index contributed by atoms with van der Waals surface area (Å²) in [5.41, 5.74) is 4.82. The van der Waals surface area contributed by atoms with Crippen LogP contribution in [0.1, 0.15) is 82.3 Å². The number of pyridine rings is 1. The van der Waals surface area contributed by atoms with Gasteiger partial charge in [-0.05, 0) is 80.4 Å². The van der Waals surface area contributed by atoms with Gasteiger partial charge in [0, 0.05) is 11.8 Å². The van der Waals surface area contributed by atoms with Gasteiger partial charge in [-0.1, -0.05) is 56.7 Å². The average Bonchev–Trinajstić information content (AvgIpc) is 2.80. The molecule has 1 atom stereocenters. The molecular weight excluding hydrogens is 364 g/mol. The Kier molecular flexibility index (Phi) is 7.86. The SMILES string of the molecule is C=CCCCc1ccc(-c2ccc([C@H]3CC[C@@](C#N)(C[C@@H](C)CC)CC3)cc2)nc1. The number of hydrogen-bond acceptors (Lipinski definition) is 2. The zero-order chi connectivity index (χ0) is 21.4. The molecule has 2 heteroatoms. The zero-order valence-corrected chi connectivity index (χ0v) is 18.7. The van der Waals surface area contributed by atoms with Gasteiger partial charge in [0.25, 0.3) is 0 Å². The fraction of sp³-hybridized carbons (Fsp3) is 0.500. The lowest BCUT2D eigenvalue weighted by Crippen LogP contribution is -2.27. The van der Waals surface area contributed by atoms with E-state index >= 15 is 0 Å². The van der Waals surface area contributed by atoms with E-state index < -0.39 is 0 Å². The van der Waals surface area contributed by atoms with Crippen molar-refractivity contribution >= 4 is 0 Å². The molecule has 0 saturated heterocycles. The predicted octanol–water partition coefficient (Wildman–Crippen LogP) is 7.86. The Morgan fingerprint density at radius 3 is 2.50 bits per heavy atom. The molecule has 0 aliphatic heterocycles. The monoisotopic (exact) mass is 400 g/mol. The number of hydrogen-bond donors (Lipinski definition) is 0. The molecule has 2 aromatic rings. The average molecular weight is 401 g/mol. The summed E-state index contributed by atoms with van der Waals surface area (Å²) in [6, 6.07) is 16.0. The molecule has 3 rings (SSSR count). The Balaban J connectivity index is 1.60. The summed E-state index contributed by atoms with van der Waals surface area (Å²) in [5, 5.41) is 9.82. The number of unbranched alkanes of at least 4 members (excludes halogenated alkanes) is 1. The summed E-state index contributed by atoms with van der Waals surface area (Å²) in [6.45, 7) is 8.30. The Labute approximate surface area is 183 Å². The molecule has 1 aromatic heterocycles. The minimum Gasteiger partial charge on any atom is -0.256 e. The van der Waals surface area contributed by atoms with E-state index in [1.165, 1.54) is 16.7 Å². The second-order valence-corrected chi connectivity index (χ2v) is 9.24. The fourth-order valence-electron chi connectivity index (χ4n) is 4.80. The first-order valence-corrected chi connectivity index (χ1v) is 11.7. The van der Waals surface area contributed by atoms with E-state index in [-0.39, 0.29) is 5.41 Å². The maximum Gasteiger partial charge on any atom is 0.0702 e. The van der Waals surface area contributed by atoms with Gasteiger partial charge in [-0.25, -0.2) is 0 Å². The smallest absolute Gasteiger partial charge is 0.0702 e. The van der Waals surface area contributed by atoms with E-state index in [0.29, 0.717) is 11.8 Å². The van der Waals surface area contributed by atoms with Crippen LogP contribution >= 0.6 is 0 Å². The Hall–Kier alpha value is -2.40. The first-order valence-electron chi connectivity index (χ1n) is 11.7. The number of aryl methyl sites for hydroxylation is 1. The highest BCUT2D eigenvalue weighted by atomic mass is 14.7.